The predicted octanol–water partition coefficient (Wildman–Crippen LogP) is 3.03. The van der Waals surface area contributed by atoms with Gasteiger partial charge in [0.05, 0.1) is 16.5 Å². The molecule has 1 aliphatic heterocycles. The largest absolute Gasteiger partial charge is 0.452 e. The summed E-state index contributed by atoms with van der Waals surface area (Å²) in [7, 11) is -3.68. The summed E-state index contributed by atoms with van der Waals surface area (Å²) in [6.07, 6.45) is 2.62. The summed E-state index contributed by atoms with van der Waals surface area (Å²) < 4.78 is 45.1. The molecule has 0 aromatic heterocycles. The van der Waals surface area contributed by atoms with Crippen molar-refractivity contribution in [3.8, 4) is 0 Å². The van der Waals surface area contributed by atoms with Crippen LogP contribution in [0.1, 0.15) is 48.1 Å². The van der Waals surface area contributed by atoms with Gasteiger partial charge < -0.3 is 10.1 Å². The number of nitrogens with zero attached hydrogens (tertiary/aromatic N) is 1. The molecule has 31 heavy (non-hydrogen) atoms. The summed E-state index contributed by atoms with van der Waals surface area (Å²) in [5, 5.41) is 2.66. The van der Waals surface area contributed by atoms with Gasteiger partial charge in [-0.15, -0.1) is 0 Å². The molecule has 9 heteroatoms. The molecule has 1 amide bonds. The molecule has 0 unspecified atom stereocenters. The van der Waals surface area contributed by atoms with Gasteiger partial charge in [0.2, 0.25) is 10.0 Å². The first kappa shape index (κ1) is 22.9. The number of hydrogen-bond acceptors (Lipinski definition) is 5. The Morgan fingerprint density at radius 1 is 1.10 bits per heavy atom. The molecule has 1 atom stereocenters. The third kappa shape index (κ3) is 5.89. The Labute approximate surface area is 181 Å². The van der Waals surface area contributed by atoms with Crippen molar-refractivity contribution in [3.05, 3.63) is 65.5 Å². The van der Waals surface area contributed by atoms with Crippen LogP contribution in [0, 0.1) is 5.82 Å². The van der Waals surface area contributed by atoms with Crippen molar-refractivity contribution in [2.45, 2.75) is 37.1 Å². The van der Waals surface area contributed by atoms with Crippen LogP contribution in [0.5, 0.6) is 0 Å². The van der Waals surface area contributed by atoms with E-state index in [1.807, 2.05) is 0 Å². The van der Waals surface area contributed by atoms with E-state index in [4.69, 9.17) is 4.74 Å². The molecule has 2 aromatic rings. The fourth-order valence-corrected chi connectivity index (χ4v) is 4.93. The molecule has 0 radical (unpaired) electrons. The highest BCUT2D eigenvalue weighted by Crippen LogP contribution is 2.21. The van der Waals surface area contributed by atoms with Crippen LogP contribution in [0.4, 0.5) is 4.39 Å². The highest BCUT2D eigenvalue weighted by molar-refractivity contribution is 7.89. The maximum Gasteiger partial charge on any atom is 0.338 e. The quantitative estimate of drug-likeness (QED) is 0.658. The number of piperidine rings is 1. The number of esters is 1. The Bertz CT molecular complexity index is 1030. The Morgan fingerprint density at radius 2 is 1.77 bits per heavy atom. The molecule has 0 spiro atoms. The van der Waals surface area contributed by atoms with Gasteiger partial charge in [0.25, 0.3) is 5.91 Å². The second-order valence-corrected chi connectivity index (χ2v) is 9.35. The zero-order chi connectivity index (χ0) is 22.4. The number of halogens is 1. The lowest BCUT2D eigenvalue weighted by Crippen LogP contribution is -2.35. The van der Waals surface area contributed by atoms with E-state index in [2.05, 4.69) is 5.32 Å². The van der Waals surface area contributed by atoms with Gasteiger partial charge in [-0.2, -0.15) is 4.31 Å². The van der Waals surface area contributed by atoms with E-state index in [0.29, 0.717) is 18.7 Å². The summed E-state index contributed by atoms with van der Waals surface area (Å²) >= 11 is 0. The lowest BCUT2D eigenvalue weighted by molar-refractivity contribution is -0.124. The molecule has 2 aromatic carbocycles. The Balaban J connectivity index is 1.58. The Kier molecular flexibility index (Phi) is 7.40. The summed E-state index contributed by atoms with van der Waals surface area (Å²) in [5.74, 6) is -1.69. The number of amides is 1. The minimum atomic E-state index is -3.68. The van der Waals surface area contributed by atoms with Gasteiger partial charge in [-0.25, -0.2) is 17.6 Å². The first-order valence-electron chi connectivity index (χ1n) is 10.1. The van der Waals surface area contributed by atoms with E-state index in [0.717, 1.165) is 19.3 Å². The molecule has 0 saturated carbocycles. The van der Waals surface area contributed by atoms with Crippen LogP contribution in [0.15, 0.2) is 53.4 Å². The number of ether oxygens (including phenoxy) is 1. The molecular formula is C22H25FN2O5S. The zero-order valence-corrected chi connectivity index (χ0v) is 18.0. The third-order valence-corrected chi connectivity index (χ3v) is 7.00. The van der Waals surface area contributed by atoms with Crippen LogP contribution in [-0.4, -0.2) is 44.3 Å². The van der Waals surface area contributed by atoms with Crippen LogP contribution < -0.4 is 5.32 Å². The Hall–Kier alpha value is -2.78. The number of benzene rings is 2. The van der Waals surface area contributed by atoms with Crippen LogP contribution in [0.25, 0.3) is 0 Å². The summed E-state index contributed by atoms with van der Waals surface area (Å²) in [6, 6.07) is 10.9. The fourth-order valence-electron chi connectivity index (χ4n) is 3.37. The van der Waals surface area contributed by atoms with Crippen molar-refractivity contribution in [3.63, 3.8) is 0 Å². The van der Waals surface area contributed by atoms with Gasteiger partial charge in [-0.1, -0.05) is 24.6 Å². The van der Waals surface area contributed by atoms with E-state index < -0.39 is 34.5 Å². The van der Waals surface area contributed by atoms with Crippen molar-refractivity contribution in [1.29, 1.82) is 0 Å². The van der Waals surface area contributed by atoms with Crippen molar-refractivity contribution in [2.24, 2.45) is 0 Å². The highest BCUT2D eigenvalue weighted by atomic mass is 32.2. The molecule has 0 aliphatic carbocycles. The van der Waals surface area contributed by atoms with E-state index in [-0.39, 0.29) is 16.3 Å². The smallest absolute Gasteiger partial charge is 0.338 e. The average Bonchev–Trinajstić information content (AvgIpc) is 2.78. The second kappa shape index (κ2) is 10.0. The van der Waals surface area contributed by atoms with Crippen molar-refractivity contribution in [2.75, 3.05) is 19.7 Å². The Morgan fingerprint density at radius 3 is 2.45 bits per heavy atom. The van der Waals surface area contributed by atoms with Crippen LogP contribution in [-0.2, 0) is 19.6 Å². The maximum absolute atomic E-state index is 13.0. The molecule has 1 aliphatic rings. The summed E-state index contributed by atoms with van der Waals surface area (Å²) in [5.41, 5.74) is 0.758. The van der Waals surface area contributed by atoms with Gasteiger partial charge >= 0.3 is 5.97 Å². The lowest BCUT2D eigenvalue weighted by Gasteiger charge is -2.25. The topological polar surface area (TPSA) is 92.8 Å². The normalized spacial score (nSPS) is 15.8. The van der Waals surface area contributed by atoms with Crippen molar-refractivity contribution in [1.82, 2.24) is 9.62 Å². The van der Waals surface area contributed by atoms with E-state index in [1.54, 1.807) is 19.1 Å². The molecule has 0 bridgehead atoms. The number of carbonyl (C=O) groups excluding carboxylic acids is 2. The fraction of sp³-hybridized carbons (Fsp3) is 0.364. The van der Waals surface area contributed by atoms with Crippen LogP contribution in [0.3, 0.4) is 0 Å². The predicted molar refractivity (Wildman–Crippen MR) is 112 cm³/mol. The average molecular weight is 449 g/mol. The van der Waals surface area contributed by atoms with Gasteiger partial charge in [0.1, 0.15) is 5.82 Å². The molecule has 1 fully saturated rings. The van der Waals surface area contributed by atoms with Gasteiger partial charge in [-0.3, -0.25) is 4.79 Å². The number of sulfonamides is 1. The molecular weight excluding hydrogens is 423 g/mol. The van der Waals surface area contributed by atoms with E-state index >= 15 is 0 Å². The molecule has 1 saturated heterocycles. The number of nitrogens with one attached hydrogen (secondary N) is 1. The molecule has 166 valence electrons. The zero-order valence-electron chi connectivity index (χ0n) is 17.2. The maximum atomic E-state index is 13.0. The minimum absolute atomic E-state index is 0.0261. The first-order chi connectivity index (χ1) is 14.8. The molecule has 1 heterocycles. The molecule has 1 N–H and O–H groups in total. The van der Waals surface area contributed by atoms with Crippen LogP contribution >= 0.6 is 0 Å². The number of rotatable bonds is 7. The highest BCUT2D eigenvalue weighted by Gasteiger charge is 2.26. The van der Waals surface area contributed by atoms with E-state index in [1.165, 1.54) is 40.7 Å². The van der Waals surface area contributed by atoms with Crippen LogP contribution in [0.2, 0.25) is 0 Å². The van der Waals surface area contributed by atoms with Gasteiger partial charge in [0.15, 0.2) is 6.61 Å². The summed E-state index contributed by atoms with van der Waals surface area (Å²) in [4.78, 5) is 24.5. The number of carbonyl (C=O) groups is 2. The first-order valence-corrected chi connectivity index (χ1v) is 11.5. The second-order valence-electron chi connectivity index (χ2n) is 7.41. The standard InChI is InChI=1S/C22H25FN2O5S/c1-16(17-8-10-19(23)11-9-17)24-21(26)15-30-22(27)18-6-5-7-20(14-18)31(28,29)25-12-3-2-4-13-25/h5-11,14,16H,2-4,12-13,15H2,1H3,(H,24,26)/t16-/m1/s1. The van der Waals surface area contributed by atoms with Gasteiger partial charge in [0, 0.05) is 13.1 Å². The molecule has 7 nitrogen and oxygen atoms in total. The third-order valence-electron chi connectivity index (χ3n) is 5.10. The molecule has 3 rings (SSSR count). The monoisotopic (exact) mass is 448 g/mol. The number of hydrogen-bond donors (Lipinski definition) is 1. The minimum Gasteiger partial charge on any atom is -0.452 e. The van der Waals surface area contributed by atoms with Crippen molar-refractivity contribution < 1.29 is 27.1 Å². The summed E-state index contributed by atoms with van der Waals surface area (Å²) in [6.45, 7) is 2.13. The van der Waals surface area contributed by atoms with E-state index in [9.17, 15) is 22.4 Å². The lowest BCUT2D eigenvalue weighted by atomic mass is 10.1. The van der Waals surface area contributed by atoms with Crippen molar-refractivity contribution >= 4 is 21.9 Å². The van der Waals surface area contributed by atoms with Gasteiger partial charge in [-0.05, 0) is 55.7 Å². The SMILES string of the molecule is C[C@@H](NC(=O)COC(=O)c1cccc(S(=O)(=O)N2CCCCC2)c1)c1ccc(F)cc1.